The Kier molecular flexibility index (Phi) is 8.13. The molecular weight excluding hydrogens is 449 g/mol. The molecule has 0 bridgehead atoms. The van der Waals surface area contributed by atoms with Crippen LogP contribution in [0.1, 0.15) is 70.9 Å². The second kappa shape index (κ2) is 10.5. The van der Waals surface area contributed by atoms with Crippen LogP contribution in [0.5, 0.6) is 0 Å². The first-order chi connectivity index (χ1) is 15.8. The third-order valence-electron chi connectivity index (χ3n) is 6.05. The fourth-order valence-electron chi connectivity index (χ4n) is 4.16. The fraction of sp³-hybridized carbons (Fsp3) is 0.667. The molecular formula is C24H35F3N4O3. The van der Waals surface area contributed by atoms with Gasteiger partial charge in [-0.05, 0) is 63.1 Å². The molecule has 1 amide bonds. The Balaban J connectivity index is 1.76. The summed E-state index contributed by atoms with van der Waals surface area (Å²) in [5.74, 6) is 1.22. The van der Waals surface area contributed by atoms with E-state index in [-0.39, 0.29) is 19.0 Å². The molecule has 1 saturated carbocycles. The third-order valence-corrected chi connectivity index (χ3v) is 6.05. The molecule has 0 spiro atoms. The van der Waals surface area contributed by atoms with E-state index in [0.29, 0.717) is 22.9 Å². The Morgan fingerprint density at radius 1 is 1.24 bits per heavy atom. The van der Waals surface area contributed by atoms with E-state index in [1.165, 1.54) is 0 Å². The number of halogens is 3. The van der Waals surface area contributed by atoms with E-state index in [1.807, 2.05) is 0 Å². The Bertz CT molecular complexity index is 963. The van der Waals surface area contributed by atoms with Crippen molar-refractivity contribution in [3.63, 3.8) is 0 Å². The highest BCUT2D eigenvalue weighted by Gasteiger charge is 2.36. The third kappa shape index (κ3) is 7.33. The lowest BCUT2D eigenvalue weighted by Gasteiger charge is -2.32. The monoisotopic (exact) mass is 484 g/mol. The minimum Gasteiger partial charge on any atom is -0.444 e. The average molecular weight is 485 g/mol. The Morgan fingerprint density at radius 3 is 2.53 bits per heavy atom. The number of amides is 1. The first-order valence-electron chi connectivity index (χ1n) is 11.7. The van der Waals surface area contributed by atoms with Crippen molar-refractivity contribution in [1.82, 2.24) is 15.6 Å². The van der Waals surface area contributed by atoms with Gasteiger partial charge in [-0.15, -0.1) is 0 Å². The molecule has 1 aliphatic rings. The van der Waals surface area contributed by atoms with E-state index in [2.05, 4.69) is 22.5 Å². The first-order valence-corrected chi connectivity index (χ1v) is 11.7. The molecule has 1 aromatic heterocycles. The van der Waals surface area contributed by atoms with E-state index in [4.69, 9.17) is 14.9 Å². The van der Waals surface area contributed by atoms with Gasteiger partial charge in [-0.1, -0.05) is 25.8 Å². The van der Waals surface area contributed by atoms with Gasteiger partial charge in [-0.3, -0.25) is 0 Å². The second-order valence-electron chi connectivity index (χ2n) is 10.3. The number of aromatic nitrogens is 1. The van der Waals surface area contributed by atoms with Gasteiger partial charge in [0.25, 0.3) is 0 Å². The number of carbonyl (C=O) groups is 1. The van der Waals surface area contributed by atoms with Crippen LogP contribution in [-0.2, 0) is 11.3 Å². The quantitative estimate of drug-likeness (QED) is 0.499. The summed E-state index contributed by atoms with van der Waals surface area (Å²) in [4.78, 5) is 17.2. The van der Waals surface area contributed by atoms with Gasteiger partial charge < -0.3 is 25.5 Å². The molecule has 1 fully saturated rings. The van der Waals surface area contributed by atoms with E-state index in [0.717, 1.165) is 31.2 Å². The summed E-state index contributed by atoms with van der Waals surface area (Å²) in [6, 6.07) is 2.91. The van der Waals surface area contributed by atoms with Gasteiger partial charge in [0.1, 0.15) is 23.2 Å². The van der Waals surface area contributed by atoms with Crippen LogP contribution in [-0.4, -0.2) is 35.4 Å². The summed E-state index contributed by atoms with van der Waals surface area (Å²) in [7, 11) is 0. The van der Waals surface area contributed by atoms with Gasteiger partial charge in [0.05, 0.1) is 0 Å². The molecule has 2 aromatic rings. The van der Waals surface area contributed by atoms with Gasteiger partial charge in [-0.25, -0.2) is 9.78 Å². The van der Waals surface area contributed by atoms with Crippen molar-refractivity contribution in [2.75, 3.05) is 6.54 Å². The minimum atomic E-state index is -4.44. The molecule has 3 rings (SSSR count). The summed E-state index contributed by atoms with van der Waals surface area (Å²) < 4.78 is 49.3. The molecule has 10 heteroatoms. The number of oxazole rings is 1. The highest BCUT2D eigenvalue weighted by molar-refractivity contribution is 5.74. The number of ether oxygens (including phenoxy) is 1. The first kappa shape index (κ1) is 26.3. The number of rotatable bonds is 7. The predicted molar refractivity (Wildman–Crippen MR) is 123 cm³/mol. The number of alkyl halides is 3. The zero-order chi connectivity index (χ0) is 25.1. The minimum absolute atomic E-state index is 0.168. The van der Waals surface area contributed by atoms with Crippen LogP contribution < -0.4 is 16.4 Å². The molecule has 0 aliphatic heterocycles. The molecule has 2 atom stereocenters. The largest absolute Gasteiger partial charge is 0.444 e. The number of nitrogens with one attached hydrogen (secondary N) is 2. The number of alkyl carbamates (subject to hydrolysis) is 1. The number of fused-ring (bicyclic) bond motifs is 1. The summed E-state index contributed by atoms with van der Waals surface area (Å²) in [6.45, 7) is 7.47. The molecule has 1 aromatic carbocycles. The highest BCUT2D eigenvalue weighted by atomic mass is 19.4. The van der Waals surface area contributed by atoms with Crippen molar-refractivity contribution in [3.8, 4) is 0 Å². The molecule has 1 heterocycles. The van der Waals surface area contributed by atoms with E-state index in [9.17, 15) is 18.0 Å². The molecule has 190 valence electrons. The number of hydrogen-bond acceptors (Lipinski definition) is 6. The lowest BCUT2D eigenvalue weighted by atomic mass is 9.79. The lowest BCUT2D eigenvalue weighted by Crippen LogP contribution is -2.45. The van der Waals surface area contributed by atoms with Gasteiger partial charge in [-0.2, -0.15) is 13.2 Å². The lowest BCUT2D eigenvalue weighted by molar-refractivity contribution is -0.146. The van der Waals surface area contributed by atoms with Crippen LogP contribution in [0.15, 0.2) is 22.6 Å². The van der Waals surface area contributed by atoms with Crippen LogP contribution in [0.2, 0.25) is 0 Å². The maximum atomic E-state index is 12.6. The number of carbonyl (C=O) groups excluding carboxylic acids is 1. The van der Waals surface area contributed by atoms with Crippen LogP contribution in [0.4, 0.5) is 18.0 Å². The van der Waals surface area contributed by atoms with Crippen molar-refractivity contribution >= 4 is 17.2 Å². The van der Waals surface area contributed by atoms with Crippen LogP contribution in [0.3, 0.4) is 0 Å². The summed E-state index contributed by atoms with van der Waals surface area (Å²) in [6.07, 6.45) is -0.959. The van der Waals surface area contributed by atoms with Crippen LogP contribution in [0.25, 0.3) is 11.1 Å². The standard InChI is InChI=1S/C24H35F3N4O3/c1-14-5-8-16(9-6-14)20(31-22(32)34-23(2,3)4)21-30-17-11-15(7-10-18(17)33-21)12-29-13-19(28)24(25,26)27/h7,10-11,14,16,19-20,29H,5-6,8-9,12-13,28H2,1-4H3,(H,31,32)/t14?,16?,19-,20-/m0/s1. The van der Waals surface area contributed by atoms with Crippen molar-refractivity contribution in [2.45, 2.75) is 83.8 Å². The van der Waals surface area contributed by atoms with E-state index >= 15 is 0 Å². The van der Waals surface area contributed by atoms with E-state index < -0.39 is 30.0 Å². The van der Waals surface area contributed by atoms with Crippen molar-refractivity contribution in [3.05, 3.63) is 29.7 Å². The van der Waals surface area contributed by atoms with Gasteiger partial charge >= 0.3 is 12.3 Å². The zero-order valence-electron chi connectivity index (χ0n) is 20.2. The van der Waals surface area contributed by atoms with Crippen molar-refractivity contribution < 1.29 is 27.1 Å². The molecule has 0 radical (unpaired) electrons. The van der Waals surface area contributed by atoms with Crippen LogP contribution >= 0.6 is 0 Å². The van der Waals surface area contributed by atoms with E-state index in [1.54, 1.807) is 39.0 Å². The molecule has 7 nitrogen and oxygen atoms in total. The Morgan fingerprint density at radius 2 is 1.91 bits per heavy atom. The SMILES string of the molecule is CC1CCC([C@H](NC(=O)OC(C)(C)C)c2nc3cc(CNC[C@H](N)C(F)(F)F)ccc3o2)CC1. The number of hydrogen-bond donors (Lipinski definition) is 3. The number of benzene rings is 1. The van der Waals surface area contributed by atoms with Crippen LogP contribution in [0, 0.1) is 11.8 Å². The Hall–Kier alpha value is -2.33. The summed E-state index contributed by atoms with van der Waals surface area (Å²) in [5.41, 5.74) is 6.39. The van der Waals surface area contributed by atoms with Crippen molar-refractivity contribution in [2.24, 2.45) is 17.6 Å². The number of nitrogens with two attached hydrogens (primary N) is 1. The van der Waals surface area contributed by atoms with Crippen molar-refractivity contribution in [1.29, 1.82) is 0 Å². The fourth-order valence-corrected chi connectivity index (χ4v) is 4.16. The topological polar surface area (TPSA) is 102 Å². The highest BCUT2D eigenvalue weighted by Crippen LogP contribution is 2.37. The molecule has 34 heavy (non-hydrogen) atoms. The predicted octanol–water partition coefficient (Wildman–Crippen LogP) is 5.20. The normalized spacial score (nSPS) is 21.3. The maximum Gasteiger partial charge on any atom is 0.408 e. The molecule has 1 aliphatic carbocycles. The summed E-state index contributed by atoms with van der Waals surface area (Å²) >= 11 is 0. The maximum absolute atomic E-state index is 12.6. The van der Waals surface area contributed by atoms with Gasteiger partial charge in [0.15, 0.2) is 5.58 Å². The second-order valence-corrected chi connectivity index (χ2v) is 10.3. The Labute approximate surface area is 198 Å². The van der Waals surface area contributed by atoms with Gasteiger partial charge in [0.2, 0.25) is 5.89 Å². The molecule has 0 saturated heterocycles. The number of nitrogens with zero attached hydrogens (tertiary/aromatic N) is 1. The smallest absolute Gasteiger partial charge is 0.408 e. The van der Waals surface area contributed by atoms with Gasteiger partial charge in [0, 0.05) is 13.1 Å². The zero-order valence-corrected chi connectivity index (χ0v) is 20.2. The average Bonchev–Trinajstić information content (AvgIpc) is 3.14. The summed E-state index contributed by atoms with van der Waals surface area (Å²) in [5, 5.41) is 5.69. The molecule has 0 unspecified atom stereocenters. The molecule has 4 N–H and O–H groups in total.